The van der Waals surface area contributed by atoms with E-state index in [2.05, 4.69) is 5.32 Å². The first-order chi connectivity index (χ1) is 10.0. The molecule has 110 valence electrons. The minimum atomic E-state index is -0.606. The Labute approximate surface area is 127 Å². The second-order valence-corrected chi connectivity index (χ2v) is 5.12. The van der Waals surface area contributed by atoms with E-state index in [9.17, 15) is 14.4 Å². The zero-order valence-electron chi connectivity index (χ0n) is 11.5. The lowest BCUT2D eigenvalue weighted by atomic mass is 10.1. The van der Waals surface area contributed by atoms with Gasteiger partial charge in [0.05, 0.1) is 0 Å². The lowest BCUT2D eigenvalue weighted by Gasteiger charge is -2.32. The van der Waals surface area contributed by atoms with Crippen LogP contribution in [-0.4, -0.2) is 35.2 Å². The zero-order chi connectivity index (χ0) is 15.4. The quantitative estimate of drug-likeness (QED) is 0.681. The number of hydrogen-bond donors (Lipinski definition) is 1. The van der Waals surface area contributed by atoms with Crippen molar-refractivity contribution in [3.8, 4) is 0 Å². The maximum absolute atomic E-state index is 12.2. The third-order valence-corrected chi connectivity index (χ3v) is 3.47. The van der Waals surface area contributed by atoms with Gasteiger partial charge in [-0.2, -0.15) is 0 Å². The highest BCUT2D eigenvalue weighted by atomic mass is 35.5. The van der Waals surface area contributed by atoms with Crippen LogP contribution in [0.4, 0.5) is 0 Å². The van der Waals surface area contributed by atoms with Gasteiger partial charge in [0.25, 0.3) is 0 Å². The lowest BCUT2D eigenvalue weighted by Crippen LogP contribution is -2.59. The van der Waals surface area contributed by atoms with Gasteiger partial charge in [-0.3, -0.25) is 19.7 Å². The summed E-state index contributed by atoms with van der Waals surface area (Å²) in [5, 5.41) is 2.85. The van der Waals surface area contributed by atoms with Crippen molar-refractivity contribution in [1.82, 2.24) is 10.2 Å². The summed E-state index contributed by atoms with van der Waals surface area (Å²) in [7, 11) is 0. The first-order valence-electron chi connectivity index (χ1n) is 6.59. The maximum Gasteiger partial charge on any atom is 0.249 e. The van der Waals surface area contributed by atoms with E-state index >= 15 is 0 Å². The number of piperazine rings is 1. The molecule has 0 radical (unpaired) electrons. The Hall–Kier alpha value is -2.14. The van der Waals surface area contributed by atoms with Gasteiger partial charge in [-0.15, -0.1) is 0 Å². The molecule has 1 aliphatic rings. The molecule has 1 aromatic carbocycles. The maximum atomic E-state index is 12.2. The normalized spacial score (nSPS) is 19.0. The number of rotatable bonds is 3. The van der Waals surface area contributed by atoms with E-state index < -0.39 is 17.9 Å². The van der Waals surface area contributed by atoms with Crippen LogP contribution >= 0.6 is 11.6 Å². The van der Waals surface area contributed by atoms with Crippen molar-refractivity contribution in [2.24, 2.45) is 0 Å². The Morgan fingerprint density at radius 1 is 1.38 bits per heavy atom. The molecule has 5 nitrogen and oxygen atoms in total. The number of carbonyl (C=O) groups is 3. The summed E-state index contributed by atoms with van der Waals surface area (Å²) in [6, 6.07) is 6.39. The van der Waals surface area contributed by atoms with Crippen LogP contribution in [-0.2, 0) is 14.4 Å². The third kappa shape index (κ3) is 3.70. The topological polar surface area (TPSA) is 66.5 Å². The van der Waals surface area contributed by atoms with E-state index in [1.807, 2.05) is 0 Å². The molecule has 1 fully saturated rings. The smallest absolute Gasteiger partial charge is 0.249 e. The van der Waals surface area contributed by atoms with Gasteiger partial charge >= 0.3 is 0 Å². The largest absolute Gasteiger partial charge is 0.318 e. The summed E-state index contributed by atoms with van der Waals surface area (Å²) < 4.78 is 0. The number of benzene rings is 1. The first kappa shape index (κ1) is 15.3. The fourth-order valence-corrected chi connectivity index (χ4v) is 2.27. The van der Waals surface area contributed by atoms with E-state index in [-0.39, 0.29) is 12.5 Å². The minimum Gasteiger partial charge on any atom is -0.318 e. The SMILES string of the molecule is CCC1C(=O)NC(=O)CN1C(=O)C=Cc1ccc(Cl)cc1. The first-order valence-corrected chi connectivity index (χ1v) is 6.97. The monoisotopic (exact) mass is 306 g/mol. The van der Waals surface area contributed by atoms with E-state index in [1.54, 1.807) is 37.3 Å². The van der Waals surface area contributed by atoms with Gasteiger partial charge in [-0.25, -0.2) is 0 Å². The second kappa shape index (κ2) is 6.54. The van der Waals surface area contributed by atoms with Crippen molar-refractivity contribution in [3.05, 3.63) is 40.9 Å². The number of halogens is 1. The van der Waals surface area contributed by atoms with Gasteiger partial charge < -0.3 is 4.90 Å². The standard InChI is InChI=1S/C15H15ClN2O3/c1-2-12-15(21)17-13(19)9-18(12)14(20)8-5-10-3-6-11(16)7-4-10/h3-8,12H,2,9H2,1H3,(H,17,19,21). The van der Waals surface area contributed by atoms with E-state index in [0.717, 1.165) is 5.56 Å². The van der Waals surface area contributed by atoms with Crippen LogP contribution in [0.1, 0.15) is 18.9 Å². The van der Waals surface area contributed by atoms with Crippen LogP contribution in [0, 0.1) is 0 Å². The number of imide groups is 1. The zero-order valence-corrected chi connectivity index (χ0v) is 12.3. The lowest BCUT2D eigenvalue weighted by molar-refractivity contribution is -0.147. The van der Waals surface area contributed by atoms with E-state index in [1.165, 1.54) is 11.0 Å². The number of hydrogen-bond acceptors (Lipinski definition) is 3. The van der Waals surface area contributed by atoms with Crippen LogP contribution in [0.25, 0.3) is 6.08 Å². The number of nitrogens with zero attached hydrogens (tertiary/aromatic N) is 1. The summed E-state index contributed by atoms with van der Waals surface area (Å²) in [5.41, 5.74) is 0.814. The van der Waals surface area contributed by atoms with Crippen LogP contribution < -0.4 is 5.32 Å². The third-order valence-electron chi connectivity index (χ3n) is 3.21. The molecule has 1 atom stereocenters. The number of carbonyl (C=O) groups excluding carboxylic acids is 3. The molecule has 1 aromatic rings. The summed E-state index contributed by atoms with van der Waals surface area (Å²) in [6.45, 7) is 1.69. The number of nitrogens with one attached hydrogen (secondary N) is 1. The molecule has 1 saturated heterocycles. The number of amides is 3. The van der Waals surface area contributed by atoms with Crippen molar-refractivity contribution < 1.29 is 14.4 Å². The Morgan fingerprint density at radius 3 is 2.67 bits per heavy atom. The van der Waals surface area contributed by atoms with Gasteiger partial charge in [0.15, 0.2) is 0 Å². The van der Waals surface area contributed by atoms with E-state index in [4.69, 9.17) is 11.6 Å². The molecule has 0 bridgehead atoms. The van der Waals surface area contributed by atoms with Crippen molar-refractivity contribution >= 4 is 35.4 Å². The van der Waals surface area contributed by atoms with Gasteiger partial charge in [0.1, 0.15) is 12.6 Å². The molecular weight excluding hydrogens is 292 g/mol. The molecule has 3 amide bonds. The Kier molecular flexibility index (Phi) is 4.75. The minimum absolute atomic E-state index is 0.103. The average molecular weight is 307 g/mol. The van der Waals surface area contributed by atoms with Crippen LogP contribution in [0.3, 0.4) is 0 Å². The van der Waals surface area contributed by atoms with Gasteiger partial charge in [-0.05, 0) is 30.2 Å². The van der Waals surface area contributed by atoms with Gasteiger partial charge in [0.2, 0.25) is 17.7 Å². The molecule has 0 saturated carbocycles. The summed E-state index contributed by atoms with van der Waals surface area (Å²) in [5.74, 6) is -1.25. The molecule has 6 heteroatoms. The summed E-state index contributed by atoms with van der Waals surface area (Å²) in [6.07, 6.45) is 3.44. The van der Waals surface area contributed by atoms with E-state index in [0.29, 0.717) is 11.4 Å². The Morgan fingerprint density at radius 2 is 2.05 bits per heavy atom. The Balaban J connectivity index is 2.12. The van der Waals surface area contributed by atoms with Crippen molar-refractivity contribution in [3.63, 3.8) is 0 Å². The fraction of sp³-hybridized carbons (Fsp3) is 0.267. The van der Waals surface area contributed by atoms with Crippen LogP contribution in [0.15, 0.2) is 30.3 Å². The molecule has 0 aromatic heterocycles. The van der Waals surface area contributed by atoms with Gasteiger partial charge in [0, 0.05) is 11.1 Å². The molecule has 0 aliphatic carbocycles. The highest BCUT2D eigenvalue weighted by molar-refractivity contribution is 6.30. The predicted octanol–water partition coefficient (Wildman–Crippen LogP) is 1.62. The van der Waals surface area contributed by atoms with Crippen molar-refractivity contribution in [2.75, 3.05) is 6.54 Å². The second-order valence-electron chi connectivity index (χ2n) is 4.69. The highest BCUT2D eigenvalue weighted by Gasteiger charge is 2.34. The molecule has 1 N–H and O–H groups in total. The summed E-state index contributed by atoms with van der Waals surface area (Å²) in [4.78, 5) is 36.6. The van der Waals surface area contributed by atoms with Crippen molar-refractivity contribution in [2.45, 2.75) is 19.4 Å². The van der Waals surface area contributed by atoms with Crippen LogP contribution in [0.5, 0.6) is 0 Å². The molecule has 1 heterocycles. The predicted molar refractivity (Wildman–Crippen MR) is 79.4 cm³/mol. The molecule has 21 heavy (non-hydrogen) atoms. The fourth-order valence-electron chi connectivity index (χ4n) is 2.14. The molecule has 0 spiro atoms. The van der Waals surface area contributed by atoms with Crippen LogP contribution in [0.2, 0.25) is 5.02 Å². The molecule has 1 unspecified atom stereocenters. The Bertz CT molecular complexity index is 595. The molecule has 2 rings (SSSR count). The average Bonchev–Trinajstić information content (AvgIpc) is 2.45. The summed E-state index contributed by atoms with van der Waals surface area (Å²) >= 11 is 5.78. The highest BCUT2D eigenvalue weighted by Crippen LogP contribution is 2.13. The molecular formula is C15H15ClN2O3. The molecule has 1 aliphatic heterocycles. The van der Waals surface area contributed by atoms with Gasteiger partial charge in [-0.1, -0.05) is 30.7 Å². The van der Waals surface area contributed by atoms with Crippen molar-refractivity contribution in [1.29, 1.82) is 0 Å².